The monoisotopic (exact) mass is 399 g/mol. The number of hydrogen-bond acceptors (Lipinski definition) is 3. The molecule has 0 aliphatic heterocycles. The number of benzene rings is 2. The number of rotatable bonds is 5. The van der Waals surface area contributed by atoms with E-state index in [1.807, 2.05) is 42.5 Å². The maximum atomic E-state index is 12.3. The highest BCUT2D eigenvalue weighted by atomic mass is 35.5. The first-order valence-electron chi connectivity index (χ1n) is 8.53. The molecule has 0 spiro atoms. The molecule has 2 amide bonds. The Labute approximate surface area is 168 Å². The molecule has 0 aliphatic rings. The van der Waals surface area contributed by atoms with Crippen LogP contribution < -0.4 is 11.1 Å². The van der Waals surface area contributed by atoms with Crippen LogP contribution in [0.5, 0.6) is 0 Å². The van der Waals surface area contributed by atoms with Gasteiger partial charge in [-0.3, -0.25) is 19.9 Å². The van der Waals surface area contributed by atoms with E-state index >= 15 is 0 Å². The van der Waals surface area contributed by atoms with Crippen LogP contribution in [0.1, 0.15) is 22.5 Å². The van der Waals surface area contributed by atoms with Gasteiger partial charge in [0.2, 0.25) is 5.91 Å². The topological polar surface area (TPSA) is 115 Å². The van der Waals surface area contributed by atoms with Crippen molar-refractivity contribution < 1.29 is 9.59 Å². The minimum atomic E-state index is -0.417. The van der Waals surface area contributed by atoms with E-state index in [-0.39, 0.29) is 24.3 Å². The van der Waals surface area contributed by atoms with Crippen LogP contribution in [-0.4, -0.2) is 34.7 Å². The zero-order valence-electron chi connectivity index (χ0n) is 15.4. The average Bonchev–Trinajstić information content (AvgIpc) is 3.11. The van der Waals surface area contributed by atoms with Gasteiger partial charge < -0.3 is 16.0 Å². The zero-order valence-corrected chi connectivity index (χ0v) is 16.2. The van der Waals surface area contributed by atoms with Crippen molar-refractivity contribution in [2.45, 2.75) is 12.8 Å². The first kappa shape index (κ1) is 21.0. The Balaban J connectivity index is 0.00000280. The molecule has 0 aliphatic carbocycles. The molecule has 0 fully saturated rings. The van der Waals surface area contributed by atoms with E-state index in [9.17, 15) is 9.59 Å². The highest BCUT2D eigenvalue weighted by Gasteiger charge is 2.17. The van der Waals surface area contributed by atoms with Gasteiger partial charge in [0.1, 0.15) is 5.69 Å². The number of nitrogens with one attached hydrogen (secondary N) is 3. The minimum Gasteiger partial charge on any atom is -0.370 e. The van der Waals surface area contributed by atoms with Crippen molar-refractivity contribution in [1.82, 2.24) is 9.88 Å². The van der Waals surface area contributed by atoms with E-state index in [1.165, 1.54) is 7.05 Å². The second-order valence-electron chi connectivity index (χ2n) is 6.24. The summed E-state index contributed by atoms with van der Waals surface area (Å²) in [6.45, 7) is 0. The van der Waals surface area contributed by atoms with E-state index in [0.717, 1.165) is 15.8 Å². The molecule has 0 atom stereocenters. The highest BCUT2D eigenvalue weighted by Crippen LogP contribution is 2.24. The van der Waals surface area contributed by atoms with E-state index in [1.54, 1.807) is 12.1 Å². The Morgan fingerprint density at radius 2 is 1.86 bits per heavy atom. The van der Waals surface area contributed by atoms with Gasteiger partial charge in [0.15, 0.2) is 5.96 Å². The first-order valence-corrected chi connectivity index (χ1v) is 8.53. The zero-order chi connectivity index (χ0) is 19.4. The number of aromatic amines is 1. The molecule has 8 heteroatoms. The van der Waals surface area contributed by atoms with Crippen LogP contribution in [0.15, 0.2) is 54.6 Å². The Morgan fingerprint density at radius 1 is 1.14 bits per heavy atom. The van der Waals surface area contributed by atoms with Gasteiger partial charge >= 0.3 is 0 Å². The highest BCUT2D eigenvalue weighted by molar-refractivity contribution is 6.08. The van der Waals surface area contributed by atoms with Crippen molar-refractivity contribution in [1.29, 1.82) is 5.41 Å². The van der Waals surface area contributed by atoms with Gasteiger partial charge in [0, 0.05) is 18.9 Å². The number of fused-ring (bicyclic) bond motifs is 1. The summed E-state index contributed by atoms with van der Waals surface area (Å²) in [7, 11) is 1.43. The van der Waals surface area contributed by atoms with Gasteiger partial charge in [-0.1, -0.05) is 42.5 Å². The lowest BCUT2D eigenvalue weighted by Gasteiger charge is -2.12. The maximum absolute atomic E-state index is 12.3. The molecule has 0 saturated heterocycles. The fraction of sp³-hybridized carbons (Fsp3) is 0.150. The van der Waals surface area contributed by atoms with Gasteiger partial charge in [-0.2, -0.15) is 0 Å². The third kappa shape index (κ3) is 4.69. The first-order chi connectivity index (χ1) is 13.0. The summed E-state index contributed by atoms with van der Waals surface area (Å²) >= 11 is 0. The van der Waals surface area contributed by atoms with E-state index < -0.39 is 5.91 Å². The summed E-state index contributed by atoms with van der Waals surface area (Å²) in [5, 5.41) is 11.1. The number of anilines is 1. The van der Waals surface area contributed by atoms with Crippen LogP contribution in [0.3, 0.4) is 0 Å². The number of para-hydroxylation sites is 1. The predicted molar refractivity (Wildman–Crippen MR) is 113 cm³/mol. The average molecular weight is 400 g/mol. The van der Waals surface area contributed by atoms with Crippen LogP contribution in [0, 0.1) is 5.41 Å². The molecule has 0 unspecified atom stereocenters. The Bertz CT molecular complexity index is 1000. The number of halogens is 1. The Kier molecular flexibility index (Phi) is 6.79. The second kappa shape index (κ2) is 9.05. The quantitative estimate of drug-likeness (QED) is 0.390. The molecule has 0 radical (unpaired) electrons. The number of nitrogens with zero attached hydrogens (tertiary/aromatic N) is 1. The van der Waals surface area contributed by atoms with Crippen LogP contribution in [-0.2, 0) is 11.2 Å². The summed E-state index contributed by atoms with van der Waals surface area (Å²) in [6, 6.07) is 16.9. The number of carbonyl (C=O) groups excluding carboxylic acids is 2. The van der Waals surface area contributed by atoms with Gasteiger partial charge in [-0.05, 0) is 24.1 Å². The summed E-state index contributed by atoms with van der Waals surface area (Å²) in [4.78, 5) is 28.7. The predicted octanol–water partition coefficient (Wildman–Crippen LogP) is 3.13. The standard InChI is InChI=1S/C20H21N5O2.ClH/c1-25(20(21)22)19(27)16-12-14-8-5-9-15(18(14)24-16)23-17(26)11-10-13-6-3-2-4-7-13;/h2-9,12,24H,10-11H2,1H3,(H3,21,22)(H,23,26);1H. The van der Waals surface area contributed by atoms with E-state index in [4.69, 9.17) is 11.1 Å². The van der Waals surface area contributed by atoms with Gasteiger partial charge in [-0.15, -0.1) is 12.4 Å². The summed E-state index contributed by atoms with van der Waals surface area (Å²) in [5.74, 6) is -0.858. The molecule has 3 rings (SSSR count). The molecule has 0 saturated carbocycles. The van der Waals surface area contributed by atoms with E-state index in [2.05, 4.69) is 10.3 Å². The molecule has 146 valence electrons. The fourth-order valence-corrected chi connectivity index (χ4v) is 2.78. The van der Waals surface area contributed by atoms with Crippen LogP contribution >= 0.6 is 12.4 Å². The normalized spacial score (nSPS) is 10.2. The number of nitrogens with two attached hydrogens (primary N) is 1. The molecule has 5 N–H and O–H groups in total. The molecule has 28 heavy (non-hydrogen) atoms. The minimum absolute atomic E-state index is 0. The number of aromatic nitrogens is 1. The maximum Gasteiger partial charge on any atom is 0.276 e. The van der Waals surface area contributed by atoms with Gasteiger partial charge in [0.25, 0.3) is 5.91 Å². The van der Waals surface area contributed by atoms with Crippen LogP contribution in [0.25, 0.3) is 10.9 Å². The van der Waals surface area contributed by atoms with Crippen LogP contribution in [0.2, 0.25) is 0 Å². The number of H-pyrrole nitrogens is 1. The third-order valence-electron chi connectivity index (χ3n) is 4.31. The smallest absolute Gasteiger partial charge is 0.276 e. The largest absolute Gasteiger partial charge is 0.370 e. The van der Waals surface area contributed by atoms with Crippen molar-refractivity contribution in [2.24, 2.45) is 5.73 Å². The SMILES string of the molecule is CN(C(=N)N)C(=O)c1cc2cccc(NC(=O)CCc3ccccc3)c2[nH]1.Cl. The third-order valence-corrected chi connectivity index (χ3v) is 4.31. The lowest BCUT2D eigenvalue weighted by molar-refractivity contribution is -0.116. The fourth-order valence-electron chi connectivity index (χ4n) is 2.78. The summed E-state index contributed by atoms with van der Waals surface area (Å²) in [5.41, 5.74) is 8.03. The van der Waals surface area contributed by atoms with Crippen molar-refractivity contribution in [3.05, 3.63) is 65.9 Å². The Morgan fingerprint density at radius 3 is 2.54 bits per heavy atom. The number of amides is 2. The molecule has 1 aromatic heterocycles. The lowest BCUT2D eigenvalue weighted by atomic mass is 10.1. The van der Waals surface area contributed by atoms with E-state index in [0.29, 0.717) is 29.7 Å². The molecule has 3 aromatic rings. The number of guanidine groups is 1. The second-order valence-corrected chi connectivity index (χ2v) is 6.24. The molecular weight excluding hydrogens is 378 g/mol. The van der Waals surface area contributed by atoms with Crippen LogP contribution in [0.4, 0.5) is 5.69 Å². The van der Waals surface area contributed by atoms with Crippen molar-refractivity contribution >= 4 is 46.8 Å². The number of hydrogen-bond donors (Lipinski definition) is 4. The lowest BCUT2D eigenvalue weighted by Crippen LogP contribution is -2.38. The molecular formula is C20H22ClN5O2. The molecule has 7 nitrogen and oxygen atoms in total. The number of aryl methyl sites for hydroxylation is 1. The van der Waals surface area contributed by atoms with Gasteiger partial charge in [-0.25, -0.2) is 0 Å². The summed E-state index contributed by atoms with van der Waals surface area (Å²) < 4.78 is 0. The Hall–Kier alpha value is -3.32. The number of carbonyl (C=O) groups is 2. The van der Waals surface area contributed by atoms with Gasteiger partial charge in [0.05, 0.1) is 11.2 Å². The van der Waals surface area contributed by atoms with Crippen molar-refractivity contribution in [2.75, 3.05) is 12.4 Å². The molecule has 1 heterocycles. The molecule has 0 bridgehead atoms. The van der Waals surface area contributed by atoms with Crippen molar-refractivity contribution in [3.8, 4) is 0 Å². The van der Waals surface area contributed by atoms with Crippen molar-refractivity contribution in [3.63, 3.8) is 0 Å². The summed E-state index contributed by atoms with van der Waals surface area (Å²) in [6.07, 6.45) is 1.01. The molecule has 2 aromatic carbocycles.